The summed E-state index contributed by atoms with van der Waals surface area (Å²) in [5.74, 6) is -3.03. The maximum atomic E-state index is 13.9. The number of rotatable bonds is 2. The molecule has 0 aliphatic carbocycles. The highest BCUT2D eigenvalue weighted by Gasteiger charge is 2.47. The van der Waals surface area contributed by atoms with E-state index >= 15 is 0 Å². The quantitative estimate of drug-likeness (QED) is 0.842. The molecule has 1 aromatic carbocycles. The molecule has 2 rings (SSSR count). The third-order valence-electron chi connectivity index (χ3n) is 2.91. The van der Waals surface area contributed by atoms with Gasteiger partial charge in [0.1, 0.15) is 11.6 Å². The molecule has 0 amide bonds. The Kier molecular flexibility index (Phi) is 3.53. The Labute approximate surface area is 114 Å². The molecule has 0 N–H and O–H groups in total. The van der Waals surface area contributed by atoms with E-state index in [1.807, 2.05) is 0 Å². The molecule has 0 radical (unpaired) electrons. The minimum atomic E-state index is -4.31. The SMILES string of the molecule is CC1(C)ON=C(S(=O)(=O)Cc2c(F)cccc2F)C1F. The van der Waals surface area contributed by atoms with Crippen molar-refractivity contribution < 1.29 is 26.4 Å². The first-order valence-corrected chi connectivity index (χ1v) is 7.36. The van der Waals surface area contributed by atoms with Crippen LogP contribution in [0, 0.1) is 11.6 Å². The molecule has 4 nitrogen and oxygen atoms in total. The Morgan fingerprint density at radius 1 is 1.30 bits per heavy atom. The summed E-state index contributed by atoms with van der Waals surface area (Å²) in [6, 6.07) is 2.97. The van der Waals surface area contributed by atoms with Gasteiger partial charge in [-0.05, 0) is 26.0 Å². The van der Waals surface area contributed by atoms with Gasteiger partial charge in [-0.15, -0.1) is 0 Å². The molecule has 1 heterocycles. The topological polar surface area (TPSA) is 55.7 Å². The van der Waals surface area contributed by atoms with Crippen LogP contribution >= 0.6 is 0 Å². The van der Waals surface area contributed by atoms with Crippen molar-refractivity contribution in [3.8, 4) is 0 Å². The van der Waals surface area contributed by atoms with E-state index < -0.39 is 49.6 Å². The van der Waals surface area contributed by atoms with Gasteiger partial charge in [-0.1, -0.05) is 11.2 Å². The Bertz CT molecular complexity index is 650. The first-order valence-electron chi connectivity index (χ1n) is 5.71. The number of oxime groups is 1. The molecule has 1 aliphatic rings. The first kappa shape index (κ1) is 14.8. The molecular formula is C12H12F3NO3S. The van der Waals surface area contributed by atoms with Crippen molar-refractivity contribution in [2.45, 2.75) is 31.4 Å². The summed E-state index contributed by atoms with van der Waals surface area (Å²) in [5, 5.41) is 2.36. The van der Waals surface area contributed by atoms with Gasteiger partial charge in [0.2, 0.25) is 14.9 Å². The first-order chi connectivity index (χ1) is 9.15. The molecular weight excluding hydrogens is 295 g/mol. The van der Waals surface area contributed by atoms with Gasteiger partial charge in [-0.3, -0.25) is 0 Å². The Balaban J connectivity index is 2.34. The highest BCUT2D eigenvalue weighted by Crippen LogP contribution is 2.30. The fourth-order valence-corrected chi connectivity index (χ4v) is 3.25. The zero-order chi connectivity index (χ0) is 15.1. The van der Waals surface area contributed by atoms with Gasteiger partial charge in [-0.2, -0.15) is 0 Å². The Morgan fingerprint density at radius 3 is 2.30 bits per heavy atom. The molecule has 8 heteroatoms. The minimum absolute atomic E-state index is 0.646. The normalized spacial score (nSPS) is 21.4. The largest absolute Gasteiger partial charge is 0.385 e. The number of alkyl halides is 1. The van der Waals surface area contributed by atoms with Gasteiger partial charge < -0.3 is 4.84 Å². The van der Waals surface area contributed by atoms with E-state index in [0.29, 0.717) is 0 Å². The second-order valence-corrected chi connectivity index (χ2v) is 6.88. The van der Waals surface area contributed by atoms with Crippen molar-refractivity contribution in [1.82, 2.24) is 0 Å². The lowest BCUT2D eigenvalue weighted by atomic mass is 10.1. The summed E-state index contributed by atoms with van der Waals surface area (Å²) in [4.78, 5) is 4.70. The Hall–Kier alpha value is -1.57. The van der Waals surface area contributed by atoms with E-state index in [1.165, 1.54) is 13.8 Å². The number of sulfone groups is 1. The molecule has 0 bridgehead atoms. The zero-order valence-electron chi connectivity index (χ0n) is 10.7. The summed E-state index contributed by atoms with van der Waals surface area (Å²) >= 11 is 0. The van der Waals surface area contributed by atoms with E-state index in [-0.39, 0.29) is 0 Å². The third kappa shape index (κ3) is 2.52. The fraction of sp³-hybridized carbons (Fsp3) is 0.417. The van der Waals surface area contributed by atoms with Crippen molar-refractivity contribution in [1.29, 1.82) is 0 Å². The molecule has 1 aromatic rings. The number of halogens is 3. The molecule has 0 spiro atoms. The predicted octanol–water partition coefficient (Wildman–Crippen LogP) is 2.34. The summed E-state index contributed by atoms with van der Waals surface area (Å²) in [5.41, 5.74) is -2.07. The molecule has 20 heavy (non-hydrogen) atoms. The maximum absolute atomic E-state index is 13.9. The van der Waals surface area contributed by atoms with Crippen molar-refractivity contribution in [3.05, 3.63) is 35.4 Å². The smallest absolute Gasteiger partial charge is 0.210 e. The standard InChI is InChI=1S/C12H12F3NO3S/c1-12(2)10(15)11(16-19-12)20(17,18)6-7-8(13)4-3-5-9(7)14/h3-5,10H,6H2,1-2H3. The summed E-state index contributed by atoms with van der Waals surface area (Å²) < 4.78 is 64.9. The lowest BCUT2D eigenvalue weighted by molar-refractivity contribution is -0.0232. The van der Waals surface area contributed by atoms with E-state index in [2.05, 4.69) is 5.16 Å². The van der Waals surface area contributed by atoms with Gasteiger partial charge >= 0.3 is 0 Å². The van der Waals surface area contributed by atoms with Crippen LogP contribution in [0.25, 0.3) is 0 Å². The van der Waals surface area contributed by atoms with Gasteiger partial charge in [-0.25, -0.2) is 21.6 Å². The summed E-state index contributed by atoms with van der Waals surface area (Å²) in [6.45, 7) is 2.65. The number of benzene rings is 1. The monoisotopic (exact) mass is 307 g/mol. The van der Waals surface area contributed by atoms with Crippen LogP contribution < -0.4 is 0 Å². The molecule has 1 unspecified atom stereocenters. The van der Waals surface area contributed by atoms with Gasteiger partial charge in [0.05, 0.1) is 5.75 Å². The molecule has 0 saturated carbocycles. The van der Waals surface area contributed by atoms with E-state index in [4.69, 9.17) is 4.84 Å². The lowest BCUT2D eigenvalue weighted by Gasteiger charge is -2.17. The van der Waals surface area contributed by atoms with Crippen molar-refractivity contribution in [3.63, 3.8) is 0 Å². The zero-order valence-corrected chi connectivity index (χ0v) is 11.5. The fourth-order valence-electron chi connectivity index (χ4n) is 1.70. The van der Waals surface area contributed by atoms with Gasteiger partial charge in [0.15, 0.2) is 11.8 Å². The van der Waals surface area contributed by atoms with E-state index in [9.17, 15) is 21.6 Å². The van der Waals surface area contributed by atoms with Crippen LogP contribution in [0.2, 0.25) is 0 Å². The average Bonchev–Trinajstić information content (AvgIpc) is 2.60. The van der Waals surface area contributed by atoms with Crippen molar-refractivity contribution >= 4 is 14.9 Å². The second kappa shape index (κ2) is 4.76. The number of hydrogen-bond acceptors (Lipinski definition) is 4. The van der Waals surface area contributed by atoms with Crippen LogP contribution in [0.1, 0.15) is 19.4 Å². The average molecular weight is 307 g/mol. The molecule has 0 fully saturated rings. The number of hydrogen-bond donors (Lipinski definition) is 0. The third-order valence-corrected chi connectivity index (χ3v) is 4.50. The second-order valence-electron chi connectivity index (χ2n) is 4.95. The van der Waals surface area contributed by atoms with Crippen molar-refractivity contribution in [2.24, 2.45) is 5.16 Å². The summed E-state index contributed by atoms with van der Waals surface area (Å²) in [6.07, 6.45) is -1.98. The lowest BCUT2D eigenvalue weighted by Crippen LogP contribution is -2.37. The van der Waals surface area contributed by atoms with E-state index in [0.717, 1.165) is 18.2 Å². The molecule has 1 aliphatic heterocycles. The van der Waals surface area contributed by atoms with Crippen LogP contribution in [0.15, 0.2) is 23.4 Å². The number of nitrogens with zero attached hydrogens (tertiary/aromatic N) is 1. The minimum Gasteiger partial charge on any atom is -0.385 e. The summed E-state index contributed by atoms with van der Waals surface area (Å²) in [7, 11) is -4.31. The van der Waals surface area contributed by atoms with Crippen LogP contribution in [-0.2, 0) is 20.4 Å². The Morgan fingerprint density at radius 2 is 1.85 bits per heavy atom. The molecule has 110 valence electrons. The molecule has 1 atom stereocenters. The van der Waals surface area contributed by atoms with Crippen LogP contribution in [-0.4, -0.2) is 25.2 Å². The molecule has 0 saturated heterocycles. The van der Waals surface area contributed by atoms with Gasteiger partial charge in [0.25, 0.3) is 0 Å². The van der Waals surface area contributed by atoms with Crippen LogP contribution in [0.5, 0.6) is 0 Å². The highest BCUT2D eigenvalue weighted by molar-refractivity contribution is 8.05. The van der Waals surface area contributed by atoms with Crippen LogP contribution in [0.4, 0.5) is 13.2 Å². The van der Waals surface area contributed by atoms with Crippen LogP contribution in [0.3, 0.4) is 0 Å². The predicted molar refractivity (Wildman–Crippen MR) is 66.5 cm³/mol. The van der Waals surface area contributed by atoms with Gasteiger partial charge in [0, 0.05) is 5.56 Å². The molecule has 0 aromatic heterocycles. The van der Waals surface area contributed by atoms with E-state index in [1.54, 1.807) is 0 Å². The highest BCUT2D eigenvalue weighted by atomic mass is 32.2. The maximum Gasteiger partial charge on any atom is 0.210 e. The van der Waals surface area contributed by atoms with Crippen molar-refractivity contribution in [2.75, 3.05) is 0 Å².